The molecule has 4 rings (SSSR count). The molecule has 3 aromatic rings. The highest BCUT2D eigenvalue weighted by Gasteiger charge is 2.28. The molecule has 0 spiro atoms. The molecule has 2 aromatic heterocycles. The second-order valence-corrected chi connectivity index (χ2v) is 7.47. The number of benzene rings is 1. The van der Waals surface area contributed by atoms with Crippen LogP contribution in [0.5, 0.6) is 5.75 Å². The van der Waals surface area contributed by atoms with Gasteiger partial charge in [0.15, 0.2) is 0 Å². The lowest BCUT2D eigenvalue weighted by atomic mass is 10.2. The molecule has 154 valence electrons. The summed E-state index contributed by atoms with van der Waals surface area (Å²) in [4.78, 5) is 21.0. The molecule has 0 saturated carbocycles. The molecule has 1 aliphatic heterocycles. The second kappa shape index (κ2) is 11.2. The van der Waals surface area contributed by atoms with Crippen LogP contribution in [0.4, 0.5) is 0 Å². The maximum Gasteiger partial charge on any atom is 0.264 e. The van der Waals surface area contributed by atoms with Crippen molar-refractivity contribution in [1.29, 1.82) is 0 Å². The number of pyridine rings is 1. The first-order chi connectivity index (χ1) is 13.3. The smallest absolute Gasteiger partial charge is 0.264 e. The van der Waals surface area contributed by atoms with Gasteiger partial charge in [-0.15, -0.1) is 36.2 Å². The minimum Gasteiger partial charge on any atom is -0.490 e. The summed E-state index contributed by atoms with van der Waals surface area (Å²) >= 11 is 1.54. The van der Waals surface area contributed by atoms with Crippen molar-refractivity contribution in [3.63, 3.8) is 0 Å². The topological polar surface area (TPSA) is 54.5 Å². The molecule has 1 aliphatic rings. The van der Waals surface area contributed by atoms with E-state index in [-0.39, 0.29) is 36.8 Å². The molecule has 1 N–H and O–H groups in total. The van der Waals surface area contributed by atoms with Crippen molar-refractivity contribution >= 4 is 42.1 Å². The summed E-state index contributed by atoms with van der Waals surface area (Å²) in [5, 5.41) is 3.35. The van der Waals surface area contributed by atoms with Gasteiger partial charge < -0.3 is 15.0 Å². The zero-order valence-corrected chi connectivity index (χ0v) is 18.1. The minimum absolute atomic E-state index is 0. The van der Waals surface area contributed by atoms with Crippen LogP contribution in [0.2, 0.25) is 0 Å². The van der Waals surface area contributed by atoms with E-state index < -0.39 is 0 Å². The third-order valence-electron chi connectivity index (χ3n) is 4.56. The lowest BCUT2D eigenvalue weighted by molar-refractivity contribution is 0.0564. The Morgan fingerprint density at radius 2 is 1.97 bits per heavy atom. The lowest BCUT2D eigenvalue weighted by Crippen LogP contribution is -2.55. The fraction of sp³-hybridized carbons (Fsp3) is 0.238. The largest absolute Gasteiger partial charge is 0.490 e. The highest BCUT2D eigenvalue weighted by Crippen LogP contribution is 2.29. The van der Waals surface area contributed by atoms with Crippen LogP contribution >= 0.6 is 36.2 Å². The molecule has 1 aromatic carbocycles. The number of carbonyl (C=O) groups excluding carboxylic acids is 1. The number of aromatic nitrogens is 1. The maximum atomic E-state index is 13.1. The number of ether oxygens (including phenoxy) is 1. The fourth-order valence-electron chi connectivity index (χ4n) is 3.15. The number of piperazine rings is 1. The van der Waals surface area contributed by atoms with Crippen molar-refractivity contribution in [2.45, 2.75) is 6.04 Å². The van der Waals surface area contributed by atoms with E-state index in [1.807, 2.05) is 47.4 Å². The van der Waals surface area contributed by atoms with Gasteiger partial charge in [-0.3, -0.25) is 9.78 Å². The molecular formula is C21H23Cl2N3O2S. The number of nitrogens with one attached hydrogen (secondary N) is 1. The third kappa shape index (κ3) is 5.70. The van der Waals surface area contributed by atoms with Crippen LogP contribution < -0.4 is 10.1 Å². The molecule has 8 heteroatoms. The van der Waals surface area contributed by atoms with Gasteiger partial charge in [-0.2, -0.15) is 0 Å². The quantitative estimate of drug-likeness (QED) is 0.632. The van der Waals surface area contributed by atoms with E-state index in [4.69, 9.17) is 4.74 Å². The van der Waals surface area contributed by atoms with Crippen molar-refractivity contribution in [3.8, 4) is 16.2 Å². The van der Waals surface area contributed by atoms with Crippen LogP contribution in [-0.4, -0.2) is 48.1 Å². The molecule has 1 amide bonds. The van der Waals surface area contributed by atoms with Gasteiger partial charge in [-0.05, 0) is 29.8 Å². The average molecular weight is 452 g/mol. The Morgan fingerprint density at radius 1 is 1.14 bits per heavy atom. The first kappa shape index (κ1) is 23.2. The lowest BCUT2D eigenvalue weighted by Gasteiger charge is -2.35. The summed E-state index contributed by atoms with van der Waals surface area (Å²) in [7, 11) is 0. The summed E-state index contributed by atoms with van der Waals surface area (Å²) in [5.41, 5.74) is 1.14. The molecule has 0 radical (unpaired) electrons. The van der Waals surface area contributed by atoms with E-state index in [9.17, 15) is 4.79 Å². The van der Waals surface area contributed by atoms with Gasteiger partial charge in [-0.1, -0.05) is 30.3 Å². The van der Waals surface area contributed by atoms with E-state index in [1.54, 1.807) is 23.7 Å². The minimum atomic E-state index is -0.00580. The zero-order chi connectivity index (χ0) is 18.5. The predicted octanol–water partition coefficient (Wildman–Crippen LogP) is 4.15. The SMILES string of the molecule is Cl.Cl.O=C(c1ccc(-c2ccccc2)s1)N1CCNCC1COc1cccnc1. The molecule has 5 nitrogen and oxygen atoms in total. The number of carbonyl (C=O) groups is 1. The summed E-state index contributed by atoms with van der Waals surface area (Å²) < 4.78 is 5.84. The van der Waals surface area contributed by atoms with E-state index in [2.05, 4.69) is 22.4 Å². The average Bonchev–Trinajstić information content (AvgIpc) is 3.24. The number of nitrogens with zero attached hydrogens (tertiary/aromatic N) is 2. The number of halogens is 2. The zero-order valence-electron chi connectivity index (χ0n) is 15.7. The Bertz CT molecular complexity index is 893. The van der Waals surface area contributed by atoms with E-state index in [1.165, 1.54) is 0 Å². The van der Waals surface area contributed by atoms with Crippen molar-refractivity contribution < 1.29 is 9.53 Å². The Labute approximate surface area is 186 Å². The van der Waals surface area contributed by atoms with Crippen molar-refractivity contribution in [1.82, 2.24) is 15.2 Å². The number of hydrogen-bond donors (Lipinski definition) is 1. The van der Waals surface area contributed by atoms with Crippen molar-refractivity contribution in [2.75, 3.05) is 26.2 Å². The monoisotopic (exact) mass is 451 g/mol. The van der Waals surface area contributed by atoms with Gasteiger partial charge in [0.25, 0.3) is 5.91 Å². The fourth-order valence-corrected chi connectivity index (χ4v) is 4.12. The molecule has 0 bridgehead atoms. The number of thiophene rings is 1. The first-order valence-corrected chi connectivity index (χ1v) is 9.83. The molecule has 29 heavy (non-hydrogen) atoms. The molecule has 3 heterocycles. The second-order valence-electron chi connectivity index (χ2n) is 6.39. The van der Waals surface area contributed by atoms with Gasteiger partial charge in [0.1, 0.15) is 12.4 Å². The van der Waals surface area contributed by atoms with Crippen LogP contribution in [0.3, 0.4) is 0 Å². The highest BCUT2D eigenvalue weighted by molar-refractivity contribution is 7.17. The Kier molecular flexibility index (Phi) is 8.92. The van der Waals surface area contributed by atoms with Gasteiger partial charge in [0, 0.05) is 30.7 Å². The molecular weight excluding hydrogens is 429 g/mol. The van der Waals surface area contributed by atoms with E-state index in [0.29, 0.717) is 13.2 Å². The van der Waals surface area contributed by atoms with Crippen LogP contribution in [0.25, 0.3) is 10.4 Å². The number of hydrogen-bond acceptors (Lipinski definition) is 5. The normalized spacial score (nSPS) is 15.7. The summed E-state index contributed by atoms with van der Waals surface area (Å²) in [6, 6.07) is 17.8. The van der Waals surface area contributed by atoms with Crippen LogP contribution in [0.15, 0.2) is 67.0 Å². The molecule has 1 saturated heterocycles. The van der Waals surface area contributed by atoms with Gasteiger partial charge >= 0.3 is 0 Å². The van der Waals surface area contributed by atoms with Gasteiger partial charge in [-0.25, -0.2) is 0 Å². The number of rotatable bonds is 5. The van der Waals surface area contributed by atoms with Gasteiger partial charge in [0.05, 0.1) is 17.1 Å². The molecule has 0 aliphatic carbocycles. The first-order valence-electron chi connectivity index (χ1n) is 9.01. The van der Waals surface area contributed by atoms with Crippen LogP contribution in [0.1, 0.15) is 9.67 Å². The Morgan fingerprint density at radius 3 is 2.72 bits per heavy atom. The van der Waals surface area contributed by atoms with Crippen molar-refractivity contribution in [2.24, 2.45) is 0 Å². The standard InChI is InChI=1S/C21H21N3O2S.2ClH/c25-21(20-9-8-19(27-20)16-5-2-1-3-6-16)24-12-11-23-13-17(24)15-26-18-7-4-10-22-14-18;;/h1-10,14,17,23H,11-13,15H2;2*1H. The highest BCUT2D eigenvalue weighted by atomic mass is 35.5. The van der Waals surface area contributed by atoms with Crippen molar-refractivity contribution in [3.05, 3.63) is 71.9 Å². The molecule has 1 atom stereocenters. The third-order valence-corrected chi connectivity index (χ3v) is 5.69. The predicted molar refractivity (Wildman–Crippen MR) is 122 cm³/mol. The van der Waals surface area contributed by atoms with E-state index >= 15 is 0 Å². The summed E-state index contributed by atoms with van der Waals surface area (Å²) in [6.45, 7) is 2.65. The van der Waals surface area contributed by atoms with Crippen LogP contribution in [0, 0.1) is 0 Å². The maximum absolute atomic E-state index is 13.1. The number of amides is 1. The van der Waals surface area contributed by atoms with Gasteiger partial charge in [0.2, 0.25) is 0 Å². The van der Waals surface area contributed by atoms with E-state index in [0.717, 1.165) is 34.2 Å². The molecule has 1 fully saturated rings. The summed E-state index contributed by atoms with van der Waals surface area (Å²) in [5.74, 6) is 0.793. The summed E-state index contributed by atoms with van der Waals surface area (Å²) in [6.07, 6.45) is 3.40. The van der Waals surface area contributed by atoms with Crippen LogP contribution in [-0.2, 0) is 0 Å². The Balaban J connectivity index is 0.00000150. The molecule has 1 unspecified atom stereocenters. The Hall–Kier alpha value is -2.12.